The summed E-state index contributed by atoms with van der Waals surface area (Å²) >= 11 is 1.38. The van der Waals surface area contributed by atoms with E-state index in [1.807, 2.05) is 60.0 Å². The number of amides is 4. The number of Topliss-reactive ketones (excluding diaryl/α,β-unsaturated/α-hetero) is 1. The van der Waals surface area contributed by atoms with Crippen LogP contribution in [0.15, 0.2) is 72.1 Å². The fourth-order valence-corrected chi connectivity index (χ4v) is 4.56. The molecule has 7 nitrogen and oxygen atoms in total. The SMILES string of the molecule is O=C(CN1C(=O)C(=O)N(Cc2cccs2)C1=O)c1c(-c2ccccc2)[nH]c2ccccc12. The molecule has 1 fully saturated rings. The first kappa shape index (κ1) is 19.9. The van der Waals surface area contributed by atoms with E-state index in [4.69, 9.17) is 0 Å². The Labute approximate surface area is 186 Å². The summed E-state index contributed by atoms with van der Waals surface area (Å²) in [4.78, 5) is 56.8. The number of thiophene rings is 1. The number of rotatable bonds is 6. The summed E-state index contributed by atoms with van der Waals surface area (Å²) in [6.45, 7) is -0.500. The summed E-state index contributed by atoms with van der Waals surface area (Å²) < 4.78 is 0. The van der Waals surface area contributed by atoms with Crippen molar-refractivity contribution in [3.8, 4) is 11.3 Å². The van der Waals surface area contributed by atoms with Gasteiger partial charge >= 0.3 is 17.8 Å². The first-order valence-electron chi connectivity index (χ1n) is 9.93. The van der Waals surface area contributed by atoms with E-state index >= 15 is 0 Å². The monoisotopic (exact) mass is 443 g/mol. The van der Waals surface area contributed by atoms with Gasteiger partial charge < -0.3 is 4.98 Å². The van der Waals surface area contributed by atoms with Gasteiger partial charge in [-0.1, -0.05) is 54.6 Å². The van der Waals surface area contributed by atoms with Crippen molar-refractivity contribution >= 4 is 45.9 Å². The van der Waals surface area contributed by atoms with E-state index in [1.165, 1.54) is 11.3 Å². The van der Waals surface area contributed by atoms with Crippen LogP contribution in [0.3, 0.4) is 0 Å². The van der Waals surface area contributed by atoms with Crippen LogP contribution in [-0.2, 0) is 16.1 Å². The molecule has 32 heavy (non-hydrogen) atoms. The molecule has 3 heterocycles. The lowest BCUT2D eigenvalue weighted by Crippen LogP contribution is -2.36. The highest BCUT2D eigenvalue weighted by atomic mass is 32.1. The van der Waals surface area contributed by atoms with Crippen LogP contribution < -0.4 is 0 Å². The zero-order valence-electron chi connectivity index (χ0n) is 16.8. The number of fused-ring (bicyclic) bond motifs is 1. The fourth-order valence-electron chi connectivity index (χ4n) is 3.86. The minimum absolute atomic E-state index is 0.00805. The average molecular weight is 443 g/mol. The van der Waals surface area contributed by atoms with Gasteiger partial charge in [-0.05, 0) is 23.1 Å². The van der Waals surface area contributed by atoms with Crippen molar-refractivity contribution in [1.82, 2.24) is 14.8 Å². The van der Waals surface area contributed by atoms with Gasteiger partial charge in [0.1, 0.15) is 0 Å². The van der Waals surface area contributed by atoms with Crippen LogP contribution in [0.5, 0.6) is 0 Å². The molecule has 4 aromatic rings. The minimum atomic E-state index is -0.985. The first-order chi connectivity index (χ1) is 15.5. The number of hydrogen-bond donors (Lipinski definition) is 1. The van der Waals surface area contributed by atoms with Crippen molar-refractivity contribution in [2.75, 3.05) is 6.54 Å². The second kappa shape index (κ2) is 7.90. The predicted octanol–water partition coefficient (Wildman–Crippen LogP) is 4.07. The number of imide groups is 2. The smallest absolute Gasteiger partial charge is 0.335 e. The van der Waals surface area contributed by atoms with E-state index in [0.29, 0.717) is 16.6 Å². The van der Waals surface area contributed by atoms with Gasteiger partial charge in [-0.3, -0.25) is 19.3 Å². The van der Waals surface area contributed by atoms with E-state index in [9.17, 15) is 19.2 Å². The van der Waals surface area contributed by atoms with Crippen molar-refractivity contribution in [2.45, 2.75) is 6.54 Å². The number of para-hydroxylation sites is 1. The Hall–Kier alpha value is -4.04. The van der Waals surface area contributed by atoms with Gasteiger partial charge in [0.05, 0.1) is 24.3 Å². The van der Waals surface area contributed by atoms with Gasteiger partial charge in [0, 0.05) is 15.8 Å². The van der Waals surface area contributed by atoms with Crippen LogP contribution in [0.25, 0.3) is 22.2 Å². The molecule has 0 atom stereocenters. The number of nitrogens with zero attached hydrogens (tertiary/aromatic N) is 2. The molecule has 1 N–H and O–H groups in total. The maximum Gasteiger partial charge on any atom is 0.335 e. The fraction of sp³-hybridized carbons (Fsp3) is 0.0833. The molecule has 5 rings (SSSR count). The lowest BCUT2D eigenvalue weighted by Gasteiger charge is -2.14. The van der Waals surface area contributed by atoms with E-state index in [-0.39, 0.29) is 6.54 Å². The number of aromatic nitrogens is 1. The second-order valence-corrected chi connectivity index (χ2v) is 8.39. The highest BCUT2D eigenvalue weighted by Gasteiger charge is 2.45. The third-order valence-electron chi connectivity index (χ3n) is 5.38. The van der Waals surface area contributed by atoms with E-state index < -0.39 is 30.2 Å². The van der Waals surface area contributed by atoms with Gasteiger partial charge in [0.25, 0.3) is 0 Å². The largest absolute Gasteiger partial charge is 0.354 e. The molecule has 4 amide bonds. The molecule has 2 aromatic carbocycles. The van der Waals surface area contributed by atoms with E-state index in [2.05, 4.69) is 4.98 Å². The Kier molecular flexibility index (Phi) is 4.91. The Balaban J connectivity index is 1.48. The van der Waals surface area contributed by atoms with Crippen LogP contribution in [0.2, 0.25) is 0 Å². The molecule has 1 aliphatic heterocycles. The van der Waals surface area contributed by atoms with Crippen LogP contribution in [-0.4, -0.2) is 45.0 Å². The number of benzene rings is 2. The van der Waals surface area contributed by atoms with Crippen LogP contribution in [0.4, 0.5) is 4.79 Å². The first-order valence-corrected chi connectivity index (χ1v) is 10.8. The number of carbonyl (C=O) groups is 4. The third kappa shape index (κ3) is 3.30. The molecule has 8 heteroatoms. The summed E-state index contributed by atoms with van der Waals surface area (Å²) in [5.41, 5.74) is 2.57. The van der Waals surface area contributed by atoms with Gasteiger partial charge in [-0.25, -0.2) is 9.69 Å². The predicted molar refractivity (Wildman–Crippen MR) is 120 cm³/mol. The standard InChI is InChI=1S/C24H17N3O4S/c28-19(14-27-23(30)22(29)26(24(27)31)13-16-9-6-12-32-16)20-17-10-4-5-11-18(17)25-21(20)15-7-2-1-3-8-15/h1-12,25H,13-14H2. The summed E-state index contributed by atoms with van der Waals surface area (Å²) in [7, 11) is 0. The summed E-state index contributed by atoms with van der Waals surface area (Å²) in [5.74, 6) is -2.33. The van der Waals surface area contributed by atoms with Crippen molar-refractivity contribution in [2.24, 2.45) is 0 Å². The molecular weight excluding hydrogens is 426 g/mol. The van der Waals surface area contributed by atoms with Gasteiger partial charge in [-0.2, -0.15) is 0 Å². The Morgan fingerprint density at radius 3 is 2.31 bits per heavy atom. The van der Waals surface area contributed by atoms with Gasteiger partial charge in [-0.15, -0.1) is 11.3 Å². The van der Waals surface area contributed by atoms with Crippen molar-refractivity contribution < 1.29 is 19.2 Å². The minimum Gasteiger partial charge on any atom is -0.354 e. The van der Waals surface area contributed by atoms with E-state index in [0.717, 1.165) is 25.8 Å². The Bertz CT molecular complexity index is 1360. The molecule has 1 saturated heterocycles. The topological polar surface area (TPSA) is 90.6 Å². The lowest BCUT2D eigenvalue weighted by atomic mass is 10.0. The summed E-state index contributed by atoms with van der Waals surface area (Å²) in [5, 5.41) is 2.52. The van der Waals surface area contributed by atoms with Gasteiger partial charge in [0.2, 0.25) is 0 Å². The van der Waals surface area contributed by atoms with Crippen molar-refractivity contribution in [3.05, 3.63) is 82.6 Å². The highest BCUT2D eigenvalue weighted by molar-refractivity contribution is 7.09. The maximum atomic E-state index is 13.4. The molecule has 0 bridgehead atoms. The molecular formula is C24H17N3O4S. The lowest BCUT2D eigenvalue weighted by molar-refractivity contribution is -0.143. The van der Waals surface area contributed by atoms with Crippen molar-refractivity contribution in [3.63, 3.8) is 0 Å². The second-order valence-electron chi connectivity index (χ2n) is 7.35. The molecule has 2 aromatic heterocycles. The number of nitrogens with one attached hydrogen (secondary N) is 1. The number of carbonyl (C=O) groups excluding carboxylic acids is 4. The molecule has 0 radical (unpaired) electrons. The molecule has 0 spiro atoms. The zero-order valence-corrected chi connectivity index (χ0v) is 17.6. The third-order valence-corrected chi connectivity index (χ3v) is 6.24. The van der Waals surface area contributed by atoms with Gasteiger partial charge in [0.15, 0.2) is 5.78 Å². The molecule has 0 saturated carbocycles. The highest BCUT2D eigenvalue weighted by Crippen LogP contribution is 2.31. The number of H-pyrrole nitrogens is 1. The number of hydrogen-bond acceptors (Lipinski definition) is 5. The quantitative estimate of drug-likeness (QED) is 0.276. The van der Waals surface area contributed by atoms with Crippen LogP contribution in [0, 0.1) is 0 Å². The molecule has 158 valence electrons. The normalized spacial score (nSPS) is 14.1. The number of aromatic amines is 1. The number of urea groups is 1. The summed E-state index contributed by atoms with van der Waals surface area (Å²) in [6.07, 6.45) is 0. The zero-order chi connectivity index (χ0) is 22.2. The maximum absolute atomic E-state index is 13.4. The molecule has 0 unspecified atom stereocenters. The molecule has 0 aliphatic carbocycles. The Morgan fingerprint density at radius 2 is 1.56 bits per heavy atom. The average Bonchev–Trinajstić information content (AvgIpc) is 3.51. The summed E-state index contributed by atoms with van der Waals surface area (Å²) in [6, 6.07) is 19.5. The Morgan fingerprint density at radius 1 is 0.844 bits per heavy atom. The number of ketones is 1. The van der Waals surface area contributed by atoms with Crippen LogP contribution in [0.1, 0.15) is 15.2 Å². The van der Waals surface area contributed by atoms with Crippen LogP contribution >= 0.6 is 11.3 Å². The van der Waals surface area contributed by atoms with Crippen molar-refractivity contribution in [1.29, 1.82) is 0 Å². The van der Waals surface area contributed by atoms with E-state index in [1.54, 1.807) is 12.1 Å². The molecule has 1 aliphatic rings.